The molecule has 0 radical (unpaired) electrons. The van der Waals surface area contributed by atoms with E-state index in [1.165, 1.54) is 12.3 Å². The van der Waals surface area contributed by atoms with E-state index in [0.717, 1.165) is 22.4 Å². The van der Waals surface area contributed by atoms with Gasteiger partial charge in [0.05, 0.1) is 12.6 Å². The van der Waals surface area contributed by atoms with Crippen molar-refractivity contribution in [2.24, 2.45) is 0 Å². The molecule has 1 aliphatic rings. The smallest absolute Gasteiger partial charge is 0.272 e. The quantitative estimate of drug-likeness (QED) is 0.883. The molecule has 1 unspecified atom stereocenters. The maximum absolute atomic E-state index is 12.7. The van der Waals surface area contributed by atoms with Crippen molar-refractivity contribution in [1.82, 2.24) is 10.3 Å². The lowest BCUT2D eigenvalue weighted by Crippen LogP contribution is -2.33. The molecule has 2 aromatic rings. The minimum Gasteiger partial charge on any atom is -0.493 e. The molecule has 0 bridgehead atoms. The minimum absolute atomic E-state index is 0.0991. The third kappa shape index (κ3) is 3.92. The summed E-state index contributed by atoms with van der Waals surface area (Å²) in [4.78, 5) is 16.6. The predicted octanol–water partition coefficient (Wildman–Crippen LogP) is 3.60. The summed E-state index contributed by atoms with van der Waals surface area (Å²) < 4.78 is 35.5. The summed E-state index contributed by atoms with van der Waals surface area (Å²) in [5, 5.41) is 2.95. The Morgan fingerprint density at radius 2 is 2.23 bits per heavy atom. The number of alkyl halides is 2. The van der Waals surface area contributed by atoms with Crippen molar-refractivity contribution in [1.29, 1.82) is 0 Å². The van der Waals surface area contributed by atoms with Gasteiger partial charge in [-0.2, -0.15) is 0 Å². The molecule has 0 saturated carbocycles. The van der Waals surface area contributed by atoms with Crippen LogP contribution >= 0.6 is 0 Å². The number of benzene rings is 1. The zero-order valence-electron chi connectivity index (χ0n) is 14.6. The van der Waals surface area contributed by atoms with Crippen molar-refractivity contribution >= 4 is 5.91 Å². The number of rotatable bonds is 5. The molecule has 1 amide bonds. The van der Waals surface area contributed by atoms with Crippen LogP contribution < -0.4 is 14.8 Å². The molecule has 1 N–H and O–H groups in total. The Morgan fingerprint density at radius 1 is 1.42 bits per heavy atom. The fourth-order valence-corrected chi connectivity index (χ4v) is 3.08. The van der Waals surface area contributed by atoms with E-state index in [2.05, 4.69) is 10.3 Å². The Balaban J connectivity index is 1.82. The highest BCUT2D eigenvalue weighted by molar-refractivity contribution is 5.96. The largest absolute Gasteiger partial charge is 0.493 e. The first-order valence-corrected chi connectivity index (χ1v) is 8.36. The summed E-state index contributed by atoms with van der Waals surface area (Å²) in [5.41, 5.74) is 3.14. The average molecular weight is 362 g/mol. The van der Waals surface area contributed by atoms with Gasteiger partial charge in [0.25, 0.3) is 12.3 Å². The molecule has 1 atom stereocenters. The van der Waals surface area contributed by atoms with E-state index >= 15 is 0 Å². The van der Waals surface area contributed by atoms with Gasteiger partial charge in [-0.25, -0.2) is 13.8 Å². The summed E-state index contributed by atoms with van der Waals surface area (Å²) in [5.74, 6) is 0.268. The van der Waals surface area contributed by atoms with Crippen molar-refractivity contribution in [2.45, 2.75) is 32.7 Å². The van der Waals surface area contributed by atoms with Crippen LogP contribution in [0.15, 0.2) is 30.5 Å². The summed E-state index contributed by atoms with van der Waals surface area (Å²) in [7, 11) is 0. The van der Waals surface area contributed by atoms with E-state index in [1.54, 1.807) is 6.07 Å². The first kappa shape index (κ1) is 18.1. The first-order valence-electron chi connectivity index (χ1n) is 8.36. The number of nitrogens with one attached hydrogen (secondary N) is 1. The summed E-state index contributed by atoms with van der Waals surface area (Å²) in [6.45, 7) is 3.63. The molecule has 1 aliphatic heterocycles. The van der Waals surface area contributed by atoms with Gasteiger partial charge in [0.15, 0.2) is 6.61 Å². The second-order valence-electron chi connectivity index (χ2n) is 6.22. The Bertz CT molecular complexity index is 811. The van der Waals surface area contributed by atoms with E-state index < -0.39 is 18.9 Å². The van der Waals surface area contributed by atoms with Crippen molar-refractivity contribution in [3.63, 3.8) is 0 Å². The zero-order chi connectivity index (χ0) is 18.7. The van der Waals surface area contributed by atoms with Gasteiger partial charge in [-0.1, -0.05) is 17.7 Å². The van der Waals surface area contributed by atoms with Crippen molar-refractivity contribution < 1.29 is 23.0 Å². The number of hydrogen-bond acceptors (Lipinski definition) is 4. The topological polar surface area (TPSA) is 60.5 Å². The number of aryl methyl sites for hydroxylation is 2. The van der Waals surface area contributed by atoms with E-state index in [0.29, 0.717) is 13.0 Å². The standard InChI is InChI=1S/C19H20F2N2O3/c1-11-8-12(2)17-14(9-11)15(5-7-25-17)23-18(24)13-4-3-6-22-19(13)26-10-16(20)21/h3-4,6,8-9,15-16H,5,7,10H2,1-2H3,(H,23,24). The van der Waals surface area contributed by atoms with E-state index in [-0.39, 0.29) is 17.5 Å². The summed E-state index contributed by atoms with van der Waals surface area (Å²) in [6.07, 6.45) is -0.621. The van der Waals surface area contributed by atoms with Gasteiger partial charge < -0.3 is 14.8 Å². The maximum Gasteiger partial charge on any atom is 0.272 e. The van der Waals surface area contributed by atoms with E-state index in [1.807, 2.05) is 26.0 Å². The fourth-order valence-electron chi connectivity index (χ4n) is 3.08. The number of fused-ring (bicyclic) bond motifs is 1. The van der Waals surface area contributed by atoms with Crippen molar-refractivity contribution in [3.8, 4) is 11.6 Å². The lowest BCUT2D eigenvalue weighted by molar-refractivity contribution is 0.0768. The number of halogens is 2. The van der Waals surface area contributed by atoms with Crippen molar-refractivity contribution in [2.75, 3.05) is 13.2 Å². The highest BCUT2D eigenvalue weighted by atomic mass is 19.3. The van der Waals surface area contributed by atoms with Gasteiger partial charge in [0.2, 0.25) is 5.88 Å². The maximum atomic E-state index is 12.7. The molecular weight excluding hydrogens is 342 g/mol. The van der Waals surface area contributed by atoms with E-state index in [4.69, 9.17) is 9.47 Å². The monoisotopic (exact) mass is 362 g/mol. The number of nitrogens with zero attached hydrogens (tertiary/aromatic N) is 1. The fraction of sp³-hybridized carbons (Fsp3) is 0.368. The molecule has 0 aliphatic carbocycles. The van der Waals surface area contributed by atoms with Crippen LogP contribution in [-0.4, -0.2) is 30.5 Å². The molecule has 1 aromatic carbocycles. The van der Waals surface area contributed by atoms with Crippen LogP contribution in [0, 0.1) is 13.8 Å². The molecule has 26 heavy (non-hydrogen) atoms. The molecule has 1 aromatic heterocycles. The minimum atomic E-state index is -2.64. The van der Waals surface area contributed by atoms with Gasteiger partial charge in [-0.3, -0.25) is 4.79 Å². The number of aromatic nitrogens is 1. The van der Waals surface area contributed by atoms with Crippen LogP contribution in [0.2, 0.25) is 0 Å². The first-order chi connectivity index (χ1) is 12.5. The molecule has 7 heteroatoms. The number of pyridine rings is 1. The molecule has 5 nitrogen and oxygen atoms in total. The Kier molecular flexibility index (Phi) is 5.35. The molecule has 138 valence electrons. The lowest BCUT2D eigenvalue weighted by atomic mass is 9.95. The lowest BCUT2D eigenvalue weighted by Gasteiger charge is -2.28. The predicted molar refractivity (Wildman–Crippen MR) is 92.0 cm³/mol. The Labute approximate surface area is 150 Å². The number of amides is 1. The van der Waals surface area contributed by atoms with Crippen LogP contribution in [0.25, 0.3) is 0 Å². The molecule has 0 spiro atoms. The van der Waals surface area contributed by atoms with Gasteiger partial charge in [-0.15, -0.1) is 0 Å². The Hall–Kier alpha value is -2.70. The molecule has 3 rings (SSSR count). The van der Waals surface area contributed by atoms with Crippen LogP contribution in [0.4, 0.5) is 8.78 Å². The molecule has 2 heterocycles. The number of carbonyl (C=O) groups excluding carboxylic acids is 1. The van der Waals surface area contributed by atoms with Crippen LogP contribution in [-0.2, 0) is 0 Å². The van der Waals surface area contributed by atoms with Gasteiger partial charge in [0, 0.05) is 18.2 Å². The summed E-state index contributed by atoms with van der Waals surface area (Å²) >= 11 is 0. The molecular formula is C19H20F2N2O3. The summed E-state index contributed by atoms with van der Waals surface area (Å²) in [6, 6.07) is 6.86. The second-order valence-corrected chi connectivity index (χ2v) is 6.22. The molecule has 0 saturated heterocycles. The average Bonchev–Trinajstić information content (AvgIpc) is 2.60. The normalized spacial score (nSPS) is 16.0. The van der Waals surface area contributed by atoms with Gasteiger partial charge >= 0.3 is 0 Å². The number of carbonyl (C=O) groups is 1. The second kappa shape index (κ2) is 7.68. The third-order valence-corrected chi connectivity index (χ3v) is 4.14. The van der Waals surface area contributed by atoms with Crippen LogP contribution in [0.5, 0.6) is 11.6 Å². The van der Waals surface area contributed by atoms with Crippen LogP contribution in [0.1, 0.15) is 39.5 Å². The molecule has 0 fully saturated rings. The Morgan fingerprint density at radius 3 is 3.00 bits per heavy atom. The van der Waals surface area contributed by atoms with E-state index in [9.17, 15) is 13.6 Å². The van der Waals surface area contributed by atoms with Gasteiger partial charge in [0.1, 0.15) is 11.3 Å². The van der Waals surface area contributed by atoms with Crippen molar-refractivity contribution in [3.05, 3.63) is 52.7 Å². The highest BCUT2D eigenvalue weighted by Gasteiger charge is 2.26. The van der Waals surface area contributed by atoms with Crippen LogP contribution in [0.3, 0.4) is 0 Å². The number of ether oxygens (including phenoxy) is 2. The SMILES string of the molecule is Cc1cc(C)c2c(c1)C(NC(=O)c1cccnc1OCC(F)F)CCO2. The number of hydrogen-bond donors (Lipinski definition) is 1. The third-order valence-electron chi connectivity index (χ3n) is 4.14. The zero-order valence-corrected chi connectivity index (χ0v) is 14.6. The van der Waals surface area contributed by atoms with Gasteiger partial charge in [-0.05, 0) is 31.5 Å². The highest BCUT2D eigenvalue weighted by Crippen LogP contribution is 2.36.